The number of aromatic nitrogens is 1. The molecule has 0 saturated carbocycles. The number of benzene rings is 1. The van der Waals surface area contributed by atoms with E-state index >= 15 is 0 Å². The van der Waals surface area contributed by atoms with Gasteiger partial charge in [0.25, 0.3) is 0 Å². The van der Waals surface area contributed by atoms with Gasteiger partial charge in [-0.15, -0.1) is 6.58 Å². The smallest absolute Gasteiger partial charge is 0.0750 e. The predicted molar refractivity (Wildman–Crippen MR) is 90.4 cm³/mol. The van der Waals surface area contributed by atoms with Crippen LogP contribution in [0.3, 0.4) is 0 Å². The number of rotatable bonds is 3. The van der Waals surface area contributed by atoms with Crippen LogP contribution in [0.4, 0.5) is 0 Å². The summed E-state index contributed by atoms with van der Waals surface area (Å²) in [6, 6.07) is 10.9. The van der Waals surface area contributed by atoms with Gasteiger partial charge in [-0.1, -0.05) is 30.3 Å². The summed E-state index contributed by atoms with van der Waals surface area (Å²) >= 11 is 0. The van der Waals surface area contributed by atoms with Gasteiger partial charge < -0.3 is 5.73 Å². The molecule has 3 aliphatic rings. The number of hydrogen-bond donors (Lipinski definition) is 1. The van der Waals surface area contributed by atoms with Crippen LogP contribution in [0.1, 0.15) is 24.4 Å². The third-order valence-electron chi connectivity index (χ3n) is 5.59. The molecule has 0 spiro atoms. The summed E-state index contributed by atoms with van der Waals surface area (Å²) in [7, 11) is 0. The van der Waals surface area contributed by atoms with Crippen molar-refractivity contribution in [2.75, 3.05) is 13.1 Å². The first-order valence-corrected chi connectivity index (χ1v) is 8.24. The highest BCUT2D eigenvalue weighted by molar-refractivity contribution is 5.82. The van der Waals surface area contributed by atoms with Gasteiger partial charge in [-0.05, 0) is 42.9 Å². The molecule has 4 unspecified atom stereocenters. The predicted octanol–water partition coefficient (Wildman–Crippen LogP) is 3.13. The van der Waals surface area contributed by atoms with Crippen molar-refractivity contribution in [3.63, 3.8) is 0 Å². The first-order valence-electron chi connectivity index (χ1n) is 8.24. The first kappa shape index (κ1) is 13.9. The van der Waals surface area contributed by atoms with Crippen molar-refractivity contribution in [1.29, 1.82) is 0 Å². The second-order valence-corrected chi connectivity index (χ2v) is 6.69. The maximum absolute atomic E-state index is 6.70. The van der Waals surface area contributed by atoms with Crippen LogP contribution in [0.5, 0.6) is 0 Å². The fourth-order valence-electron chi connectivity index (χ4n) is 4.35. The van der Waals surface area contributed by atoms with Crippen LogP contribution < -0.4 is 5.73 Å². The van der Waals surface area contributed by atoms with Crippen LogP contribution in [0.15, 0.2) is 49.2 Å². The SMILES string of the molecule is C=CC1CN2CCC1CC2[C@@H](N)c1cccc2cccnc12. The highest BCUT2D eigenvalue weighted by atomic mass is 15.2. The van der Waals surface area contributed by atoms with Crippen molar-refractivity contribution in [2.24, 2.45) is 17.6 Å². The van der Waals surface area contributed by atoms with E-state index in [-0.39, 0.29) is 6.04 Å². The summed E-state index contributed by atoms with van der Waals surface area (Å²) in [5, 5.41) is 1.18. The lowest BCUT2D eigenvalue weighted by Crippen LogP contribution is -2.56. The maximum atomic E-state index is 6.70. The lowest BCUT2D eigenvalue weighted by molar-refractivity contribution is 0.00747. The zero-order chi connectivity index (χ0) is 15.1. The van der Waals surface area contributed by atoms with Crippen molar-refractivity contribution in [1.82, 2.24) is 9.88 Å². The summed E-state index contributed by atoms with van der Waals surface area (Å²) < 4.78 is 0. The van der Waals surface area contributed by atoms with E-state index in [9.17, 15) is 0 Å². The standard InChI is InChI=1S/C19H23N3/c1-2-13-12-22-10-8-15(13)11-17(22)18(20)16-7-3-5-14-6-4-9-21-19(14)16/h2-7,9,13,15,17-18H,1,8,10-12,20H2/t13?,15?,17?,18-/m0/s1. The van der Waals surface area contributed by atoms with Crippen LogP contribution in [-0.4, -0.2) is 29.0 Å². The summed E-state index contributed by atoms with van der Waals surface area (Å²) in [6.45, 7) is 6.29. The minimum atomic E-state index is 0.0344. The van der Waals surface area contributed by atoms with Gasteiger partial charge in [-0.2, -0.15) is 0 Å². The minimum Gasteiger partial charge on any atom is -0.323 e. The van der Waals surface area contributed by atoms with Gasteiger partial charge in [0, 0.05) is 30.2 Å². The van der Waals surface area contributed by atoms with Gasteiger partial charge in [-0.3, -0.25) is 9.88 Å². The Hall–Kier alpha value is -1.71. The Balaban J connectivity index is 1.67. The zero-order valence-electron chi connectivity index (χ0n) is 12.9. The molecule has 3 fully saturated rings. The van der Waals surface area contributed by atoms with Crippen LogP contribution >= 0.6 is 0 Å². The summed E-state index contributed by atoms with van der Waals surface area (Å²) in [6.07, 6.45) is 6.46. The van der Waals surface area contributed by atoms with E-state index in [1.54, 1.807) is 0 Å². The molecule has 3 aliphatic heterocycles. The number of hydrogen-bond acceptors (Lipinski definition) is 3. The second kappa shape index (κ2) is 5.49. The third-order valence-corrected chi connectivity index (χ3v) is 5.59. The minimum absolute atomic E-state index is 0.0344. The van der Waals surface area contributed by atoms with Crippen molar-refractivity contribution in [3.8, 4) is 0 Å². The van der Waals surface area contributed by atoms with E-state index in [1.807, 2.05) is 12.3 Å². The molecule has 3 heteroatoms. The molecule has 0 amide bonds. The van der Waals surface area contributed by atoms with E-state index in [0.717, 1.165) is 18.0 Å². The average Bonchev–Trinajstić information content (AvgIpc) is 2.60. The van der Waals surface area contributed by atoms with Gasteiger partial charge in [-0.25, -0.2) is 0 Å². The Morgan fingerprint density at radius 2 is 2.18 bits per heavy atom. The molecule has 2 bridgehead atoms. The molecule has 5 atom stereocenters. The highest BCUT2D eigenvalue weighted by Gasteiger charge is 2.41. The van der Waals surface area contributed by atoms with Gasteiger partial charge in [0.05, 0.1) is 5.52 Å². The average molecular weight is 293 g/mol. The van der Waals surface area contributed by atoms with Crippen molar-refractivity contribution in [3.05, 3.63) is 54.7 Å². The molecule has 2 aromatic rings. The third kappa shape index (κ3) is 2.16. The Bertz CT molecular complexity index is 691. The molecule has 3 nitrogen and oxygen atoms in total. The highest BCUT2D eigenvalue weighted by Crippen LogP contribution is 2.41. The van der Waals surface area contributed by atoms with Gasteiger partial charge >= 0.3 is 0 Å². The maximum Gasteiger partial charge on any atom is 0.0750 e. The number of para-hydroxylation sites is 1. The van der Waals surface area contributed by atoms with E-state index in [2.05, 4.69) is 46.8 Å². The fraction of sp³-hybridized carbons (Fsp3) is 0.421. The summed E-state index contributed by atoms with van der Waals surface area (Å²) in [5.74, 6) is 1.39. The number of nitrogens with zero attached hydrogens (tertiary/aromatic N) is 2. The Kier molecular flexibility index (Phi) is 3.47. The van der Waals surface area contributed by atoms with Gasteiger partial charge in [0.2, 0.25) is 0 Å². The molecule has 1 aromatic heterocycles. The van der Waals surface area contributed by atoms with Gasteiger partial charge in [0.15, 0.2) is 0 Å². The molecule has 5 rings (SSSR count). The quantitative estimate of drug-likeness (QED) is 0.884. The molecular formula is C19H23N3. The molecule has 0 aliphatic carbocycles. The molecule has 3 saturated heterocycles. The molecule has 22 heavy (non-hydrogen) atoms. The molecule has 114 valence electrons. The molecular weight excluding hydrogens is 270 g/mol. The Morgan fingerprint density at radius 1 is 1.32 bits per heavy atom. The topological polar surface area (TPSA) is 42.1 Å². The zero-order valence-corrected chi connectivity index (χ0v) is 12.9. The van der Waals surface area contributed by atoms with Crippen molar-refractivity contribution < 1.29 is 0 Å². The number of fused-ring (bicyclic) bond motifs is 4. The number of nitrogens with two attached hydrogens (primary N) is 1. The lowest BCUT2D eigenvalue weighted by atomic mass is 9.73. The Labute approximate surface area is 131 Å². The van der Waals surface area contributed by atoms with Crippen LogP contribution in [-0.2, 0) is 0 Å². The Morgan fingerprint density at radius 3 is 2.95 bits per heavy atom. The fourth-order valence-corrected chi connectivity index (χ4v) is 4.35. The van der Waals surface area contributed by atoms with Crippen LogP contribution in [0.25, 0.3) is 10.9 Å². The van der Waals surface area contributed by atoms with Gasteiger partial charge in [0.1, 0.15) is 0 Å². The first-order chi connectivity index (χ1) is 10.8. The molecule has 1 aromatic carbocycles. The molecule has 2 N–H and O–H groups in total. The molecule has 0 radical (unpaired) electrons. The van der Waals surface area contributed by atoms with E-state index in [4.69, 9.17) is 5.73 Å². The normalized spacial score (nSPS) is 32.0. The number of piperidine rings is 3. The van der Waals surface area contributed by atoms with Crippen molar-refractivity contribution in [2.45, 2.75) is 24.9 Å². The van der Waals surface area contributed by atoms with Crippen LogP contribution in [0.2, 0.25) is 0 Å². The second-order valence-electron chi connectivity index (χ2n) is 6.69. The summed E-state index contributed by atoms with van der Waals surface area (Å²) in [5.41, 5.74) is 8.94. The number of pyridine rings is 1. The van der Waals surface area contributed by atoms with E-state index < -0.39 is 0 Å². The largest absolute Gasteiger partial charge is 0.323 e. The molecule has 4 heterocycles. The van der Waals surface area contributed by atoms with E-state index in [0.29, 0.717) is 12.0 Å². The van der Waals surface area contributed by atoms with Crippen molar-refractivity contribution >= 4 is 10.9 Å². The summed E-state index contributed by atoms with van der Waals surface area (Å²) in [4.78, 5) is 7.14. The van der Waals surface area contributed by atoms with Crippen LogP contribution in [0, 0.1) is 11.8 Å². The lowest BCUT2D eigenvalue weighted by Gasteiger charge is -2.51. The monoisotopic (exact) mass is 293 g/mol. The van der Waals surface area contributed by atoms with E-state index in [1.165, 1.54) is 30.3 Å².